The van der Waals surface area contributed by atoms with E-state index in [-0.39, 0.29) is 11.9 Å². The molecule has 0 aromatic heterocycles. The van der Waals surface area contributed by atoms with Crippen molar-refractivity contribution in [3.05, 3.63) is 23.8 Å². The molecule has 0 spiro atoms. The smallest absolute Gasteiger partial charge is 0.170 e. The van der Waals surface area contributed by atoms with Gasteiger partial charge < -0.3 is 9.47 Å². The molecule has 0 saturated heterocycles. The van der Waals surface area contributed by atoms with Crippen LogP contribution in [0, 0.1) is 5.92 Å². The van der Waals surface area contributed by atoms with Gasteiger partial charge in [-0.1, -0.05) is 32.1 Å². The molecule has 0 radical (unpaired) electrons. The van der Waals surface area contributed by atoms with Crippen LogP contribution in [0.1, 0.15) is 55.3 Å². The van der Waals surface area contributed by atoms with Crippen molar-refractivity contribution < 1.29 is 14.3 Å². The number of methoxy groups -OCH3 is 1. The van der Waals surface area contributed by atoms with E-state index in [1.165, 1.54) is 32.1 Å². The second-order valence-corrected chi connectivity index (χ2v) is 5.97. The van der Waals surface area contributed by atoms with Gasteiger partial charge in [-0.3, -0.25) is 4.79 Å². The first-order valence-corrected chi connectivity index (χ1v) is 7.64. The Hall–Kier alpha value is -1.51. The first kappa shape index (κ1) is 13.5. The summed E-state index contributed by atoms with van der Waals surface area (Å²) < 4.78 is 11.2. The molecule has 1 aromatic carbocycles. The summed E-state index contributed by atoms with van der Waals surface area (Å²) in [5, 5.41) is 0. The normalized spacial score (nSPS) is 23.1. The van der Waals surface area contributed by atoms with Crippen LogP contribution in [0.25, 0.3) is 0 Å². The Balaban J connectivity index is 1.70. The quantitative estimate of drug-likeness (QED) is 0.835. The van der Waals surface area contributed by atoms with Gasteiger partial charge in [0.2, 0.25) is 0 Å². The molecule has 1 aliphatic carbocycles. The van der Waals surface area contributed by atoms with Gasteiger partial charge in [0.1, 0.15) is 17.6 Å². The number of benzene rings is 1. The highest BCUT2D eigenvalue weighted by atomic mass is 16.5. The third-order valence-corrected chi connectivity index (χ3v) is 4.51. The Morgan fingerprint density at radius 2 is 2.05 bits per heavy atom. The van der Waals surface area contributed by atoms with E-state index in [1.807, 2.05) is 12.1 Å². The van der Waals surface area contributed by atoms with E-state index in [4.69, 9.17) is 9.47 Å². The molecular formula is C17H22O3. The van der Waals surface area contributed by atoms with E-state index in [0.29, 0.717) is 17.7 Å². The Morgan fingerprint density at radius 3 is 2.80 bits per heavy atom. The lowest BCUT2D eigenvalue weighted by Gasteiger charge is -2.30. The molecule has 1 aliphatic heterocycles. The molecule has 1 saturated carbocycles. The minimum atomic E-state index is 0.0616. The Bertz CT molecular complexity index is 489. The summed E-state index contributed by atoms with van der Waals surface area (Å²) in [5.41, 5.74) is 0.671. The van der Waals surface area contributed by atoms with E-state index < -0.39 is 0 Å². The SMILES string of the molecule is COc1ccc2c(c1)C(=O)CC(CC1CCCCC1)O2. The van der Waals surface area contributed by atoms with Crippen molar-refractivity contribution in [1.82, 2.24) is 0 Å². The van der Waals surface area contributed by atoms with E-state index >= 15 is 0 Å². The summed E-state index contributed by atoms with van der Waals surface area (Å²) >= 11 is 0. The Labute approximate surface area is 120 Å². The highest BCUT2D eigenvalue weighted by Gasteiger charge is 2.29. The minimum Gasteiger partial charge on any atom is -0.497 e. The number of carbonyl (C=O) groups excluding carboxylic acids is 1. The van der Waals surface area contributed by atoms with Gasteiger partial charge in [-0.25, -0.2) is 0 Å². The first-order chi connectivity index (χ1) is 9.76. The maximum Gasteiger partial charge on any atom is 0.170 e. The van der Waals surface area contributed by atoms with Gasteiger partial charge in [0.05, 0.1) is 12.7 Å². The standard InChI is InChI=1S/C17H22O3/c1-19-13-7-8-17-15(10-13)16(18)11-14(20-17)9-12-5-3-2-4-6-12/h7-8,10,12,14H,2-6,9,11H2,1H3. The van der Waals surface area contributed by atoms with Crippen molar-refractivity contribution in [2.24, 2.45) is 5.92 Å². The predicted molar refractivity (Wildman–Crippen MR) is 77.5 cm³/mol. The fourth-order valence-corrected chi connectivity index (χ4v) is 3.42. The van der Waals surface area contributed by atoms with Crippen molar-refractivity contribution >= 4 is 5.78 Å². The van der Waals surface area contributed by atoms with Crippen LogP contribution in [0.15, 0.2) is 18.2 Å². The summed E-state index contributed by atoms with van der Waals surface area (Å²) in [6.45, 7) is 0. The first-order valence-electron chi connectivity index (χ1n) is 7.64. The topological polar surface area (TPSA) is 35.5 Å². The van der Waals surface area contributed by atoms with Crippen molar-refractivity contribution in [2.45, 2.75) is 51.0 Å². The average Bonchev–Trinajstić information content (AvgIpc) is 2.48. The van der Waals surface area contributed by atoms with Crippen LogP contribution in [0.2, 0.25) is 0 Å². The van der Waals surface area contributed by atoms with Gasteiger partial charge in [-0.05, 0) is 30.5 Å². The summed E-state index contributed by atoms with van der Waals surface area (Å²) in [6, 6.07) is 5.50. The molecule has 1 atom stereocenters. The molecule has 20 heavy (non-hydrogen) atoms. The molecule has 2 aliphatic rings. The van der Waals surface area contributed by atoms with Gasteiger partial charge in [0.25, 0.3) is 0 Å². The lowest BCUT2D eigenvalue weighted by molar-refractivity contribution is 0.0794. The molecule has 0 N–H and O–H groups in total. The fourth-order valence-electron chi connectivity index (χ4n) is 3.42. The molecule has 0 bridgehead atoms. The lowest BCUT2D eigenvalue weighted by Crippen LogP contribution is -2.29. The molecule has 0 amide bonds. The van der Waals surface area contributed by atoms with Crippen LogP contribution < -0.4 is 9.47 Å². The molecule has 1 aromatic rings. The molecule has 1 fully saturated rings. The van der Waals surface area contributed by atoms with E-state index in [9.17, 15) is 4.79 Å². The zero-order valence-electron chi connectivity index (χ0n) is 12.1. The second kappa shape index (κ2) is 5.86. The van der Waals surface area contributed by atoms with Crippen molar-refractivity contribution in [1.29, 1.82) is 0 Å². The Kier molecular flexibility index (Phi) is 3.95. The number of rotatable bonds is 3. The van der Waals surface area contributed by atoms with Gasteiger partial charge in [-0.15, -0.1) is 0 Å². The monoisotopic (exact) mass is 274 g/mol. The number of Topliss-reactive ketones (excluding diaryl/α,β-unsaturated/α-hetero) is 1. The summed E-state index contributed by atoms with van der Waals surface area (Å²) in [7, 11) is 1.61. The van der Waals surface area contributed by atoms with Crippen molar-refractivity contribution in [3.63, 3.8) is 0 Å². The van der Waals surface area contributed by atoms with Crippen LogP contribution in [0.3, 0.4) is 0 Å². The fraction of sp³-hybridized carbons (Fsp3) is 0.588. The van der Waals surface area contributed by atoms with E-state index in [2.05, 4.69) is 0 Å². The number of hydrogen-bond acceptors (Lipinski definition) is 3. The van der Waals surface area contributed by atoms with E-state index in [1.54, 1.807) is 13.2 Å². The van der Waals surface area contributed by atoms with Crippen LogP contribution in [0.4, 0.5) is 0 Å². The Morgan fingerprint density at radius 1 is 1.25 bits per heavy atom. The molecule has 3 rings (SSSR count). The molecule has 1 heterocycles. The molecular weight excluding hydrogens is 252 g/mol. The maximum absolute atomic E-state index is 12.3. The van der Waals surface area contributed by atoms with E-state index in [0.717, 1.165) is 18.1 Å². The van der Waals surface area contributed by atoms with Gasteiger partial charge in [0.15, 0.2) is 5.78 Å². The summed E-state index contributed by atoms with van der Waals surface area (Å²) in [6.07, 6.45) is 8.22. The van der Waals surface area contributed by atoms with Gasteiger partial charge in [0, 0.05) is 6.42 Å². The average molecular weight is 274 g/mol. The lowest BCUT2D eigenvalue weighted by atomic mass is 9.83. The van der Waals surface area contributed by atoms with Crippen LogP contribution in [-0.2, 0) is 0 Å². The second-order valence-electron chi connectivity index (χ2n) is 5.97. The highest BCUT2D eigenvalue weighted by molar-refractivity contribution is 6.00. The number of ether oxygens (including phenoxy) is 2. The zero-order valence-corrected chi connectivity index (χ0v) is 12.1. The highest BCUT2D eigenvalue weighted by Crippen LogP contribution is 2.35. The third-order valence-electron chi connectivity index (χ3n) is 4.51. The molecule has 108 valence electrons. The minimum absolute atomic E-state index is 0.0616. The largest absolute Gasteiger partial charge is 0.497 e. The number of fused-ring (bicyclic) bond motifs is 1. The molecule has 3 nitrogen and oxygen atoms in total. The zero-order chi connectivity index (χ0) is 13.9. The van der Waals surface area contributed by atoms with Crippen LogP contribution in [-0.4, -0.2) is 19.0 Å². The van der Waals surface area contributed by atoms with Gasteiger partial charge >= 0.3 is 0 Å². The predicted octanol–water partition coefficient (Wildman–Crippen LogP) is 4.00. The third kappa shape index (κ3) is 2.82. The maximum atomic E-state index is 12.3. The molecule has 1 unspecified atom stereocenters. The summed E-state index contributed by atoms with van der Waals surface area (Å²) in [5.74, 6) is 2.36. The number of ketones is 1. The number of carbonyl (C=O) groups is 1. The van der Waals surface area contributed by atoms with Crippen molar-refractivity contribution in [2.75, 3.05) is 7.11 Å². The van der Waals surface area contributed by atoms with Gasteiger partial charge in [-0.2, -0.15) is 0 Å². The summed E-state index contributed by atoms with van der Waals surface area (Å²) in [4.78, 5) is 12.3. The van der Waals surface area contributed by atoms with Crippen molar-refractivity contribution in [3.8, 4) is 11.5 Å². The molecule has 3 heteroatoms. The van der Waals surface area contributed by atoms with Crippen LogP contribution >= 0.6 is 0 Å². The number of hydrogen-bond donors (Lipinski definition) is 0. The van der Waals surface area contributed by atoms with Crippen LogP contribution in [0.5, 0.6) is 11.5 Å².